The number of carbonyl (C=O) groups excluding carboxylic acids is 1. The van der Waals surface area contributed by atoms with Gasteiger partial charge in [-0.3, -0.25) is 14.3 Å². The molecule has 10 heteroatoms. The maximum atomic E-state index is 14.2. The number of pyridine rings is 2. The summed E-state index contributed by atoms with van der Waals surface area (Å²) in [5.41, 5.74) is 1.08. The Labute approximate surface area is 194 Å². The van der Waals surface area contributed by atoms with Gasteiger partial charge in [0, 0.05) is 48.1 Å². The van der Waals surface area contributed by atoms with Crippen molar-refractivity contribution in [3.63, 3.8) is 0 Å². The van der Waals surface area contributed by atoms with Gasteiger partial charge in [-0.1, -0.05) is 11.6 Å². The maximum Gasteiger partial charge on any atom is 1.00 e. The number of fused-ring (bicyclic) bond motifs is 1. The molecule has 0 spiro atoms. The molecule has 1 aromatic carbocycles. The second-order valence-corrected chi connectivity index (χ2v) is 7.35. The van der Waals surface area contributed by atoms with Crippen molar-refractivity contribution in [1.82, 2.24) is 9.55 Å². The molecule has 0 unspecified atom stereocenters. The summed E-state index contributed by atoms with van der Waals surface area (Å²) < 4.78 is 15.8. The van der Waals surface area contributed by atoms with Crippen LogP contribution in [0, 0.1) is 5.82 Å². The van der Waals surface area contributed by atoms with Gasteiger partial charge in [0.05, 0.1) is 17.3 Å². The Morgan fingerprint density at radius 1 is 1.26 bits per heavy atom. The van der Waals surface area contributed by atoms with Crippen LogP contribution >= 0.6 is 11.6 Å². The number of nitrogens with one attached hydrogen (secondary N) is 2. The standard InChI is InChI=1S/C21H18ClFN4O3.Li/c22-14-2-3-16(23)12(9-14)8-13-10-18(19-25-5-1-7-27(19)20(13)28)26-17-4-6-24-11-15(17)21(29)30;/h2-4,6,9-11,25H,1,5,7-8H2,(H,24,26)(H,29,30);/q;+1/p-1. The van der Waals surface area contributed by atoms with Crippen LogP contribution in [0.25, 0.3) is 0 Å². The first-order valence-electron chi connectivity index (χ1n) is 9.31. The quantitative estimate of drug-likeness (QED) is 0.528. The van der Waals surface area contributed by atoms with E-state index in [0.29, 0.717) is 40.7 Å². The molecule has 0 aliphatic carbocycles. The number of anilines is 3. The molecule has 4 rings (SSSR count). The van der Waals surface area contributed by atoms with Crippen LogP contribution in [0.2, 0.25) is 5.02 Å². The van der Waals surface area contributed by atoms with Gasteiger partial charge in [0.25, 0.3) is 5.56 Å². The molecule has 1 aliphatic heterocycles. The molecule has 31 heavy (non-hydrogen) atoms. The summed E-state index contributed by atoms with van der Waals surface area (Å²) in [5, 5.41) is 18.0. The molecule has 7 nitrogen and oxygen atoms in total. The third-order valence-electron chi connectivity index (χ3n) is 4.91. The predicted octanol–water partition coefficient (Wildman–Crippen LogP) is -0.447. The largest absolute Gasteiger partial charge is 1.00 e. The first kappa shape index (κ1) is 22.9. The number of carboxylic acid groups (broad SMARTS) is 1. The van der Waals surface area contributed by atoms with Crippen molar-refractivity contribution >= 4 is 34.8 Å². The number of halogens is 2. The molecule has 0 fully saturated rings. The van der Waals surface area contributed by atoms with E-state index < -0.39 is 11.8 Å². The number of hydrogen-bond donors (Lipinski definition) is 2. The molecular formula is C21H17ClFLiN4O3. The number of aromatic nitrogens is 2. The van der Waals surface area contributed by atoms with Crippen LogP contribution in [0.1, 0.15) is 27.9 Å². The van der Waals surface area contributed by atoms with Gasteiger partial charge in [0.2, 0.25) is 0 Å². The SMILES string of the molecule is O=C([O-])c1cnccc1Nc1cc(Cc2cc(Cl)ccc2F)c(=O)n2c1NCCC2.[Li+]. The van der Waals surface area contributed by atoms with Crippen LogP contribution in [-0.4, -0.2) is 22.1 Å². The summed E-state index contributed by atoms with van der Waals surface area (Å²) in [5.74, 6) is -1.29. The number of benzene rings is 1. The molecule has 0 saturated heterocycles. The summed E-state index contributed by atoms with van der Waals surface area (Å²) in [6.07, 6.45) is 3.44. The summed E-state index contributed by atoms with van der Waals surface area (Å²) in [7, 11) is 0. The number of nitrogens with zero attached hydrogens (tertiary/aromatic N) is 2. The third kappa shape index (κ3) is 4.77. The molecule has 0 saturated carbocycles. The number of carboxylic acids is 1. The topological polar surface area (TPSA) is 99.1 Å². The predicted molar refractivity (Wildman–Crippen MR) is 110 cm³/mol. The van der Waals surface area contributed by atoms with E-state index >= 15 is 0 Å². The number of rotatable bonds is 5. The van der Waals surface area contributed by atoms with Crippen molar-refractivity contribution in [2.75, 3.05) is 17.2 Å². The normalized spacial score (nSPS) is 12.3. The fourth-order valence-corrected chi connectivity index (χ4v) is 3.68. The van der Waals surface area contributed by atoms with E-state index in [2.05, 4.69) is 15.6 Å². The Balaban J connectivity index is 0.00000272. The Morgan fingerprint density at radius 3 is 2.84 bits per heavy atom. The zero-order valence-electron chi connectivity index (χ0n) is 16.7. The average molecular weight is 435 g/mol. The van der Waals surface area contributed by atoms with E-state index in [-0.39, 0.29) is 42.1 Å². The van der Waals surface area contributed by atoms with Crippen LogP contribution in [0.15, 0.2) is 47.5 Å². The smallest absolute Gasteiger partial charge is 0.545 e. The third-order valence-corrected chi connectivity index (χ3v) is 5.15. The van der Waals surface area contributed by atoms with E-state index in [1.54, 1.807) is 10.6 Å². The minimum absolute atomic E-state index is 0. The van der Waals surface area contributed by atoms with E-state index in [1.165, 1.54) is 36.7 Å². The van der Waals surface area contributed by atoms with Crippen LogP contribution in [-0.2, 0) is 13.0 Å². The summed E-state index contributed by atoms with van der Waals surface area (Å²) in [4.78, 5) is 28.3. The van der Waals surface area contributed by atoms with Gasteiger partial charge >= 0.3 is 18.9 Å². The molecule has 3 heterocycles. The van der Waals surface area contributed by atoms with Crippen LogP contribution in [0.4, 0.5) is 21.6 Å². The van der Waals surface area contributed by atoms with E-state index in [9.17, 15) is 19.1 Å². The van der Waals surface area contributed by atoms with Gasteiger partial charge in [-0.25, -0.2) is 4.39 Å². The van der Waals surface area contributed by atoms with Crippen molar-refractivity contribution in [2.24, 2.45) is 0 Å². The Kier molecular flexibility index (Phi) is 7.06. The van der Waals surface area contributed by atoms with Crippen molar-refractivity contribution in [3.05, 3.63) is 80.6 Å². The second-order valence-electron chi connectivity index (χ2n) is 6.92. The van der Waals surface area contributed by atoms with Crippen molar-refractivity contribution in [2.45, 2.75) is 19.4 Å². The van der Waals surface area contributed by atoms with E-state index in [4.69, 9.17) is 11.6 Å². The molecular weight excluding hydrogens is 418 g/mol. The molecule has 1 aliphatic rings. The minimum Gasteiger partial charge on any atom is -0.545 e. The van der Waals surface area contributed by atoms with Crippen molar-refractivity contribution < 1.29 is 33.2 Å². The first-order valence-corrected chi connectivity index (χ1v) is 9.68. The average Bonchev–Trinajstić information content (AvgIpc) is 2.74. The van der Waals surface area contributed by atoms with Gasteiger partial charge in [-0.15, -0.1) is 0 Å². The van der Waals surface area contributed by atoms with Gasteiger partial charge in [-0.2, -0.15) is 0 Å². The molecule has 0 atom stereocenters. The molecule has 2 aromatic heterocycles. The summed E-state index contributed by atoms with van der Waals surface area (Å²) in [6.45, 7) is 1.16. The maximum absolute atomic E-state index is 14.2. The second kappa shape index (κ2) is 9.56. The van der Waals surface area contributed by atoms with E-state index in [1.807, 2.05) is 0 Å². The van der Waals surface area contributed by atoms with Crippen molar-refractivity contribution in [1.29, 1.82) is 0 Å². The molecule has 3 aromatic rings. The van der Waals surface area contributed by atoms with E-state index in [0.717, 1.165) is 6.42 Å². The summed E-state index contributed by atoms with van der Waals surface area (Å²) >= 11 is 5.98. The fraction of sp³-hybridized carbons (Fsp3) is 0.190. The fourth-order valence-electron chi connectivity index (χ4n) is 3.49. The van der Waals surface area contributed by atoms with Gasteiger partial charge in [0.1, 0.15) is 11.6 Å². The van der Waals surface area contributed by atoms with Crippen molar-refractivity contribution in [3.8, 4) is 0 Å². The molecule has 0 bridgehead atoms. The first-order chi connectivity index (χ1) is 14.4. The van der Waals surface area contributed by atoms with Crippen LogP contribution < -0.4 is 40.2 Å². The Morgan fingerprint density at radius 2 is 2.06 bits per heavy atom. The van der Waals surface area contributed by atoms with Crippen LogP contribution in [0.5, 0.6) is 0 Å². The minimum atomic E-state index is -1.37. The Hall–Kier alpha value is -2.79. The Bertz CT molecular complexity index is 1200. The zero-order valence-corrected chi connectivity index (χ0v) is 17.5. The number of carbonyl (C=O) groups is 1. The number of aromatic carboxylic acids is 1. The molecule has 0 radical (unpaired) electrons. The van der Waals surface area contributed by atoms with Crippen LogP contribution in [0.3, 0.4) is 0 Å². The molecule has 2 N–H and O–H groups in total. The molecule has 154 valence electrons. The molecule has 0 amide bonds. The van der Waals surface area contributed by atoms with Gasteiger partial charge in [-0.05, 0) is 42.3 Å². The zero-order chi connectivity index (χ0) is 21.3. The number of hydrogen-bond acceptors (Lipinski definition) is 6. The summed E-state index contributed by atoms with van der Waals surface area (Å²) in [6, 6.07) is 7.31. The monoisotopic (exact) mass is 434 g/mol. The van der Waals surface area contributed by atoms with Gasteiger partial charge < -0.3 is 20.5 Å². The van der Waals surface area contributed by atoms with Gasteiger partial charge in [0.15, 0.2) is 0 Å².